The Morgan fingerprint density at radius 3 is 2.00 bits per heavy atom. The van der Waals surface area contributed by atoms with Gasteiger partial charge in [-0.2, -0.15) is 0 Å². The number of anilines is 2. The van der Waals surface area contributed by atoms with Gasteiger partial charge in [0.05, 0.1) is 23.4 Å². The highest BCUT2D eigenvalue weighted by Gasteiger charge is 2.52. The molecule has 1 aliphatic heterocycles. The molecule has 2 fully saturated rings. The van der Waals surface area contributed by atoms with Gasteiger partial charge in [0.15, 0.2) is 0 Å². The first-order chi connectivity index (χ1) is 17.0. The van der Waals surface area contributed by atoms with Crippen LogP contribution < -0.4 is 20.7 Å². The molecule has 1 unspecified atom stereocenters. The van der Waals surface area contributed by atoms with Crippen molar-refractivity contribution in [1.82, 2.24) is 5.32 Å². The molecule has 5 nitrogen and oxygen atoms in total. The van der Waals surface area contributed by atoms with Crippen LogP contribution in [0.3, 0.4) is 0 Å². The number of nitrogens with one attached hydrogen (secondary N) is 3. The van der Waals surface area contributed by atoms with E-state index < -0.39 is 5.66 Å². The van der Waals surface area contributed by atoms with Crippen molar-refractivity contribution in [2.24, 2.45) is 11.8 Å². The normalized spacial score (nSPS) is 21.0. The molecule has 0 radical (unpaired) electrons. The summed E-state index contributed by atoms with van der Waals surface area (Å²) >= 11 is 0. The van der Waals surface area contributed by atoms with Gasteiger partial charge in [-0.3, -0.25) is 4.79 Å². The van der Waals surface area contributed by atoms with E-state index >= 15 is 0 Å². The number of fused-ring (bicyclic) bond motifs is 1. The predicted molar refractivity (Wildman–Crippen MR) is 143 cm³/mol. The van der Waals surface area contributed by atoms with Gasteiger partial charge in [-0.1, -0.05) is 62.8 Å². The van der Waals surface area contributed by atoms with Gasteiger partial charge in [-0.05, 0) is 75.3 Å². The average Bonchev–Trinajstić information content (AvgIpc) is 3.25. The molecular weight excluding hydrogens is 434 g/mol. The Kier molecular flexibility index (Phi) is 7.22. The summed E-state index contributed by atoms with van der Waals surface area (Å²) in [5.74, 6) is 1.16. The molecule has 0 aromatic heterocycles. The van der Waals surface area contributed by atoms with E-state index in [0.717, 1.165) is 48.4 Å². The Balaban J connectivity index is 1.54. The summed E-state index contributed by atoms with van der Waals surface area (Å²) < 4.78 is 5.93. The van der Waals surface area contributed by atoms with Crippen molar-refractivity contribution >= 4 is 17.3 Å². The number of para-hydroxylation sites is 2. The molecule has 0 spiro atoms. The minimum absolute atomic E-state index is 0.123. The van der Waals surface area contributed by atoms with Crippen molar-refractivity contribution < 1.29 is 9.53 Å². The molecule has 2 aromatic carbocycles. The van der Waals surface area contributed by atoms with Crippen molar-refractivity contribution in [3.8, 4) is 5.75 Å². The molecule has 188 valence electrons. The number of benzene rings is 2. The van der Waals surface area contributed by atoms with Gasteiger partial charge >= 0.3 is 0 Å². The molecule has 2 aromatic rings. The third-order valence-electron chi connectivity index (χ3n) is 8.09. The number of amides is 1. The van der Waals surface area contributed by atoms with Crippen LogP contribution in [0.15, 0.2) is 48.5 Å². The Morgan fingerprint density at radius 1 is 0.857 bits per heavy atom. The number of rotatable bonds is 7. The second-order valence-corrected chi connectivity index (χ2v) is 11.0. The lowest BCUT2D eigenvalue weighted by atomic mass is 9.71. The summed E-state index contributed by atoms with van der Waals surface area (Å²) in [7, 11) is 0. The fourth-order valence-electron chi connectivity index (χ4n) is 6.47. The summed E-state index contributed by atoms with van der Waals surface area (Å²) in [6, 6.07) is 17.0. The lowest BCUT2D eigenvalue weighted by Gasteiger charge is -2.44. The molecule has 1 amide bonds. The zero-order valence-electron chi connectivity index (χ0n) is 21.3. The van der Waals surface area contributed by atoms with Crippen LogP contribution in [-0.4, -0.2) is 18.1 Å². The standard InChI is InChI=1S/C30H41N3O2/c1-21(2)35-25-19-17-23(18-20-25)30(32-26-15-9-10-16-27(26)33-30)28(22-11-5-3-6-12-22)29(34)31-24-13-7-4-8-14-24/h9-10,15-22,24,28,32-33H,3-8,11-14H2,1-2H3,(H,31,34). The van der Waals surface area contributed by atoms with E-state index in [1.807, 2.05) is 26.0 Å². The quantitative estimate of drug-likeness (QED) is 0.412. The maximum atomic E-state index is 14.2. The van der Waals surface area contributed by atoms with Crippen LogP contribution in [0.25, 0.3) is 0 Å². The number of carbonyl (C=O) groups is 1. The van der Waals surface area contributed by atoms with Gasteiger partial charge in [-0.15, -0.1) is 0 Å². The maximum absolute atomic E-state index is 14.2. The molecule has 1 heterocycles. The zero-order chi connectivity index (χ0) is 24.3. The lowest BCUT2D eigenvalue weighted by molar-refractivity contribution is -0.130. The summed E-state index contributed by atoms with van der Waals surface area (Å²) in [5, 5.41) is 11.2. The Hall–Kier alpha value is -2.69. The van der Waals surface area contributed by atoms with Gasteiger partial charge < -0.3 is 20.7 Å². The monoisotopic (exact) mass is 475 g/mol. The average molecular weight is 476 g/mol. The summed E-state index contributed by atoms with van der Waals surface area (Å²) in [5.41, 5.74) is 2.50. The van der Waals surface area contributed by atoms with Crippen molar-refractivity contribution in [3.05, 3.63) is 54.1 Å². The topological polar surface area (TPSA) is 62.4 Å². The lowest BCUT2D eigenvalue weighted by Crippen LogP contribution is -2.56. The van der Waals surface area contributed by atoms with E-state index in [9.17, 15) is 4.79 Å². The molecule has 0 saturated heterocycles. The van der Waals surface area contributed by atoms with Crippen LogP contribution in [0, 0.1) is 11.8 Å². The SMILES string of the molecule is CC(C)Oc1ccc(C2(C(C(=O)NC3CCCCC3)C3CCCCC3)Nc3ccccc3N2)cc1. The molecule has 5 heteroatoms. The van der Waals surface area contributed by atoms with Crippen molar-refractivity contribution in [2.75, 3.05) is 10.6 Å². The van der Waals surface area contributed by atoms with Gasteiger partial charge in [-0.25, -0.2) is 0 Å². The molecular formula is C30H41N3O2. The summed E-state index contributed by atoms with van der Waals surface area (Å²) in [6.07, 6.45) is 11.9. The van der Waals surface area contributed by atoms with E-state index in [-0.39, 0.29) is 17.9 Å². The van der Waals surface area contributed by atoms with Crippen molar-refractivity contribution in [2.45, 2.75) is 95.9 Å². The van der Waals surface area contributed by atoms with Crippen LogP contribution in [0.2, 0.25) is 0 Å². The smallest absolute Gasteiger partial charge is 0.228 e. The summed E-state index contributed by atoms with van der Waals surface area (Å²) in [4.78, 5) is 14.2. The van der Waals surface area contributed by atoms with E-state index in [1.165, 1.54) is 38.5 Å². The predicted octanol–water partition coefficient (Wildman–Crippen LogP) is 6.81. The van der Waals surface area contributed by atoms with E-state index in [4.69, 9.17) is 4.74 Å². The van der Waals surface area contributed by atoms with Crippen molar-refractivity contribution in [3.63, 3.8) is 0 Å². The molecule has 1 atom stereocenters. The fourth-order valence-corrected chi connectivity index (χ4v) is 6.47. The highest BCUT2D eigenvalue weighted by atomic mass is 16.5. The molecule has 2 aliphatic carbocycles. The van der Waals surface area contributed by atoms with Crippen LogP contribution >= 0.6 is 0 Å². The van der Waals surface area contributed by atoms with Crippen molar-refractivity contribution in [1.29, 1.82) is 0 Å². The van der Waals surface area contributed by atoms with Gasteiger partial charge in [0.2, 0.25) is 5.91 Å². The number of hydrogen-bond donors (Lipinski definition) is 3. The Morgan fingerprint density at radius 2 is 1.43 bits per heavy atom. The Labute approximate surface area is 210 Å². The second-order valence-electron chi connectivity index (χ2n) is 11.0. The fraction of sp³-hybridized carbons (Fsp3) is 0.567. The summed E-state index contributed by atoms with van der Waals surface area (Å²) in [6.45, 7) is 4.08. The van der Waals surface area contributed by atoms with Gasteiger partial charge in [0, 0.05) is 6.04 Å². The Bertz CT molecular complexity index is 966. The van der Waals surface area contributed by atoms with E-state index in [1.54, 1.807) is 0 Å². The number of hydrogen-bond acceptors (Lipinski definition) is 4. The molecule has 35 heavy (non-hydrogen) atoms. The highest BCUT2D eigenvalue weighted by molar-refractivity contribution is 5.86. The third-order valence-corrected chi connectivity index (χ3v) is 8.09. The highest BCUT2D eigenvalue weighted by Crippen LogP contribution is 2.49. The van der Waals surface area contributed by atoms with Crippen LogP contribution in [0.1, 0.15) is 83.6 Å². The molecule has 3 N–H and O–H groups in total. The van der Waals surface area contributed by atoms with Crippen LogP contribution in [0.4, 0.5) is 11.4 Å². The molecule has 3 aliphatic rings. The van der Waals surface area contributed by atoms with Crippen LogP contribution in [0.5, 0.6) is 5.75 Å². The first kappa shape index (κ1) is 24.0. The molecule has 5 rings (SSSR count). The van der Waals surface area contributed by atoms with Gasteiger partial charge in [0.25, 0.3) is 0 Å². The first-order valence-electron chi connectivity index (χ1n) is 13.8. The molecule has 0 bridgehead atoms. The molecule has 2 saturated carbocycles. The minimum Gasteiger partial charge on any atom is -0.491 e. The number of carbonyl (C=O) groups excluding carboxylic acids is 1. The van der Waals surface area contributed by atoms with Crippen LogP contribution in [-0.2, 0) is 10.5 Å². The zero-order valence-corrected chi connectivity index (χ0v) is 21.3. The maximum Gasteiger partial charge on any atom is 0.228 e. The first-order valence-corrected chi connectivity index (χ1v) is 13.8. The van der Waals surface area contributed by atoms with E-state index in [0.29, 0.717) is 12.0 Å². The third kappa shape index (κ3) is 5.14. The minimum atomic E-state index is -0.694. The second kappa shape index (κ2) is 10.5. The number of ether oxygens (including phenoxy) is 1. The largest absolute Gasteiger partial charge is 0.491 e. The van der Waals surface area contributed by atoms with Gasteiger partial charge in [0.1, 0.15) is 11.4 Å². The van der Waals surface area contributed by atoms with E-state index in [2.05, 4.69) is 52.3 Å².